The number of rotatable bonds is 4. The van der Waals surface area contributed by atoms with Gasteiger partial charge in [0, 0.05) is 17.1 Å². The van der Waals surface area contributed by atoms with Gasteiger partial charge in [-0.2, -0.15) is 0 Å². The van der Waals surface area contributed by atoms with Crippen LogP contribution >= 0.6 is 11.3 Å². The zero-order chi connectivity index (χ0) is 9.64. The summed E-state index contributed by atoms with van der Waals surface area (Å²) in [6.07, 6.45) is 1.10. The highest BCUT2D eigenvalue weighted by molar-refractivity contribution is 7.09. The number of benzene rings is 1. The summed E-state index contributed by atoms with van der Waals surface area (Å²) in [4.78, 5) is 1.44. The molecule has 1 N–H and O–H groups in total. The fraction of sp³-hybridized carbons (Fsp3) is 0.167. The van der Waals surface area contributed by atoms with Crippen LogP contribution in [0.3, 0.4) is 0 Å². The van der Waals surface area contributed by atoms with Crippen molar-refractivity contribution in [1.29, 1.82) is 0 Å². The van der Waals surface area contributed by atoms with Crippen LogP contribution in [0.5, 0.6) is 0 Å². The Kier molecular flexibility index (Phi) is 3.19. The molecule has 72 valence electrons. The van der Waals surface area contributed by atoms with Crippen molar-refractivity contribution in [2.75, 3.05) is 11.9 Å². The van der Waals surface area contributed by atoms with Gasteiger partial charge < -0.3 is 5.32 Å². The summed E-state index contributed by atoms with van der Waals surface area (Å²) in [6.45, 7) is 1.00. The lowest BCUT2D eigenvalue weighted by atomic mass is 10.3. The van der Waals surface area contributed by atoms with Crippen molar-refractivity contribution in [2.24, 2.45) is 0 Å². The normalized spacial score (nSPS) is 10.0. The maximum atomic E-state index is 3.39. The molecule has 0 saturated heterocycles. The molecule has 2 heteroatoms. The molecule has 0 aliphatic carbocycles. The van der Waals surface area contributed by atoms with E-state index in [2.05, 4.69) is 35.0 Å². The predicted molar refractivity (Wildman–Crippen MR) is 63.0 cm³/mol. The maximum absolute atomic E-state index is 3.39. The van der Waals surface area contributed by atoms with Crippen LogP contribution in [0.4, 0.5) is 5.69 Å². The third-order valence-corrected chi connectivity index (χ3v) is 2.99. The minimum absolute atomic E-state index is 1.00. The van der Waals surface area contributed by atoms with Crippen molar-refractivity contribution >= 4 is 17.0 Å². The Hall–Kier alpha value is -1.28. The van der Waals surface area contributed by atoms with Crippen LogP contribution in [-0.2, 0) is 6.42 Å². The van der Waals surface area contributed by atoms with E-state index < -0.39 is 0 Å². The Labute approximate surface area is 88.4 Å². The molecule has 0 fully saturated rings. The number of thiophene rings is 1. The molecule has 0 aliphatic heterocycles. The van der Waals surface area contributed by atoms with Gasteiger partial charge in [0.2, 0.25) is 0 Å². The lowest BCUT2D eigenvalue weighted by molar-refractivity contribution is 1.04. The predicted octanol–water partition coefficient (Wildman–Crippen LogP) is 3.40. The minimum Gasteiger partial charge on any atom is -0.385 e. The van der Waals surface area contributed by atoms with Crippen LogP contribution in [0.2, 0.25) is 0 Å². The average molecular weight is 203 g/mol. The van der Waals surface area contributed by atoms with E-state index in [9.17, 15) is 0 Å². The van der Waals surface area contributed by atoms with Crippen LogP contribution in [0.25, 0.3) is 0 Å². The van der Waals surface area contributed by atoms with Gasteiger partial charge in [-0.3, -0.25) is 0 Å². The topological polar surface area (TPSA) is 12.0 Å². The first-order valence-electron chi connectivity index (χ1n) is 4.76. The smallest absolute Gasteiger partial charge is 0.0340 e. The molecule has 0 saturated carbocycles. The maximum Gasteiger partial charge on any atom is 0.0340 e. The second kappa shape index (κ2) is 4.82. The van der Waals surface area contributed by atoms with Crippen LogP contribution in [0, 0.1) is 0 Å². The third-order valence-electron chi connectivity index (χ3n) is 2.05. The molecule has 2 aromatic rings. The summed E-state index contributed by atoms with van der Waals surface area (Å²) in [7, 11) is 0. The zero-order valence-electron chi connectivity index (χ0n) is 7.94. The van der Waals surface area contributed by atoms with Gasteiger partial charge in [-0.1, -0.05) is 24.3 Å². The Morgan fingerprint density at radius 2 is 1.86 bits per heavy atom. The van der Waals surface area contributed by atoms with E-state index in [1.54, 1.807) is 0 Å². The van der Waals surface area contributed by atoms with Crippen molar-refractivity contribution in [2.45, 2.75) is 6.42 Å². The van der Waals surface area contributed by atoms with Gasteiger partial charge in [-0.05, 0) is 30.0 Å². The van der Waals surface area contributed by atoms with Gasteiger partial charge >= 0.3 is 0 Å². The number of nitrogens with one attached hydrogen (secondary N) is 1. The van der Waals surface area contributed by atoms with Gasteiger partial charge in [0.1, 0.15) is 0 Å². The SMILES string of the molecule is c1ccc(NCCc2cccs2)cc1. The van der Waals surface area contributed by atoms with Crippen LogP contribution in [0.15, 0.2) is 47.8 Å². The lowest BCUT2D eigenvalue weighted by Gasteiger charge is -2.04. The molecule has 0 atom stereocenters. The number of hydrogen-bond acceptors (Lipinski definition) is 2. The van der Waals surface area contributed by atoms with Crippen LogP contribution < -0.4 is 5.32 Å². The van der Waals surface area contributed by atoms with Crippen LogP contribution in [0.1, 0.15) is 4.88 Å². The molecule has 14 heavy (non-hydrogen) atoms. The highest BCUT2D eigenvalue weighted by Gasteiger charge is 1.93. The van der Waals surface area contributed by atoms with E-state index in [4.69, 9.17) is 0 Å². The summed E-state index contributed by atoms with van der Waals surface area (Å²) in [5.74, 6) is 0. The lowest BCUT2D eigenvalue weighted by Crippen LogP contribution is -2.03. The van der Waals surface area contributed by atoms with Crippen molar-refractivity contribution in [3.63, 3.8) is 0 Å². The largest absolute Gasteiger partial charge is 0.385 e. The Morgan fingerprint density at radius 1 is 1.00 bits per heavy atom. The molecule has 1 aromatic heterocycles. The van der Waals surface area contributed by atoms with Crippen molar-refractivity contribution in [3.05, 3.63) is 52.7 Å². The standard InChI is InChI=1S/C12H13NS/c1-2-5-11(6-3-1)13-9-8-12-7-4-10-14-12/h1-7,10,13H,8-9H2. The third kappa shape index (κ3) is 2.60. The molecule has 1 heterocycles. The van der Waals surface area contributed by atoms with E-state index in [0.29, 0.717) is 0 Å². The first-order chi connectivity index (χ1) is 6.95. The number of para-hydroxylation sites is 1. The Bertz CT molecular complexity index is 353. The van der Waals surface area contributed by atoms with E-state index in [1.807, 2.05) is 29.5 Å². The first-order valence-corrected chi connectivity index (χ1v) is 5.64. The molecule has 0 spiro atoms. The molecule has 0 unspecified atom stereocenters. The molecule has 0 amide bonds. The van der Waals surface area contributed by atoms with Crippen molar-refractivity contribution < 1.29 is 0 Å². The van der Waals surface area contributed by atoms with Gasteiger partial charge in [0.05, 0.1) is 0 Å². The molecular weight excluding hydrogens is 190 g/mol. The van der Waals surface area contributed by atoms with Gasteiger partial charge in [0.25, 0.3) is 0 Å². The number of hydrogen-bond donors (Lipinski definition) is 1. The van der Waals surface area contributed by atoms with Gasteiger partial charge in [-0.25, -0.2) is 0 Å². The number of anilines is 1. The quantitative estimate of drug-likeness (QED) is 0.803. The van der Waals surface area contributed by atoms with E-state index >= 15 is 0 Å². The molecule has 0 bridgehead atoms. The van der Waals surface area contributed by atoms with Gasteiger partial charge in [0.15, 0.2) is 0 Å². The van der Waals surface area contributed by atoms with E-state index in [0.717, 1.165) is 13.0 Å². The minimum atomic E-state index is 1.00. The van der Waals surface area contributed by atoms with Crippen LogP contribution in [-0.4, -0.2) is 6.54 Å². The molecular formula is C12H13NS. The van der Waals surface area contributed by atoms with Gasteiger partial charge in [-0.15, -0.1) is 11.3 Å². The second-order valence-electron chi connectivity index (χ2n) is 3.12. The average Bonchev–Trinajstić information content (AvgIpc) is 2.72. The zero-order valence-corrected chi connectivity index (χ0v) is 8.76. The Morgan fingerprint density at radius 3 is 2.57 bits per heavy atom. The first kappa shape index (κ1) is 9.28. The Balaban J connectivity index is 1.79. The van der Waals surface area contributed by atoms with E-state index in [-0.39, 0.29) is 0 Å². The fourth-order valence-corrected chi connectivity index (χ4v) is 2.05. The molecule has 0 aliphatic rings. The summed E-state index contributed by atoms with van der Waals surface area (Å²) in [5, 5.41) is 5.51. The molecule has 1 aromatic carbocycles. The summed E-state index contributed by atoms with van der Waals surface area (Å²) in [5.41, 5.74) is 1.20. The van der Waals surface area contributed by atoms with E-state index in [1.165, 1.54) is 10.6 Å². The molecule has 2 rings (SSSR count). The highest BCUT2D eigenvalue weighted by Crippen LogP contribution is 2.10. The highest BCUT2D eigenvalue weighted by atomic mass is 32.1. The second-order valence-corrected chi connectivity index (χ2v) is 4.15. The fourth-order valence-electron chi connectivity index (χ4n) is 1.34. The summed E-state index contributed by atoms with van der Waals surface area (Å²) >= 11 is 1.82. The summed E-state index contributed by atoms with van der Waals surface area (Å²) in [6, 6.07) is 14.6. The monoisotopic (exact) mass is 203 g/mol. The summed E-state index contributed by atoms with van der Waals surface area (Å²) < 4.78 is 0. The molecule has 1 nitrogen and oxygen atoms in total. The van der Waals surface area contributed by atoms with Crippen molar-refractivity contribution in [1.82, 2.24) is 0 Å². The van der Waals surface area contributed by atoms with Crippen molar-refractivity contribution in [3.8, 4) is 0 Å². The molecule has 0 radical (unpaired) electrons.